The highest BCUT2D eigenvalue weighted by atomic mass is 32.2. The van der Waals surface area contributed by atoms with E-state index in [0.717, 1.165) is 39.2 Å². The van der Waals surface area contributed by atoms with E-state index in [2.05, 4.69) is 5.32 Å². The number of amides is 2. The zero-order valence-corrected chi connectivity index (χ0v) is 24.2. The lowest BCUT2D eigenvalue weighted by molar-refractivity contribution is -0.140. The van der Waals surface area contributed by atoms with E-state index in [4.69, 9.17) is 0 Å². The summed E-state index contributed by atoms with van der Waals surface area (Å²) in [5.74, 6) is -0.743. The monoisotopic (exact) mass is 549 g/mol. The minimum absolute atomic E-state index is 0.128. The van der Waals surface area contributed by atoms with Crippen molar-refractivity contribution in [1.82, 2.24) is 10.2 Å². The summed E-state index contributed by atoms with van der Waals surface area (Å²) in [5.41, 5.74) is 4.30. The summed E-state index contributed by atoms with van der Waals surface area (Å²) in [6.45, 7) is 7.48. The molecular formula is C31H39N3O4S. The molecule has 39 heavy (non-hydrogen) atoms. The van der Waals surface area contributed by atoms with Gasteiger partial charge in [-0.3, -0.25) is 13.9 Å². The van der Waals surface area contributed by atoms with Crippen molar-refractivity contribution in [3.05, 3.63) is 101 Å². The van der Waals surface area contributed by atoms with Gasteiger partial charge < -0.3 is 10.2 Å². The molecule has 0 aliphatic heterocycles. The van der Waals surface area contributed by atoms with Gasteiger partial charge in [0.1, 0.15) is 12.6 Å². The maximum Gasteiger partial charge on any atom is 0.244 e. The predicted molar refractivity (Wildman–Crippen MR) is 157 cm³/mol. The molecule has 8 heteroatoms. The van der Waals surface area contributed by atoms with Crippen LogP contribution in [0.2, 0.25) is 0 Å². The van der Waals surface area contributed by atoms with Crippen molar-refractivity contribution >= 4 is 27.5 Å². The molecule has 7 nitrogen and oxygen atoms in total. The topological polar surface area (TPSA) is 86.8 Å². The number of sulfonamides is 1. The van der Waals surface area contributed by atoms with E-state index in [9.17, 15) is 18.0 Å². The normalized spacial score (nSPS) is 12.2. The standard InChI is InChI=1S/C31H39N3O4S/c1-6-25-16-18-28(19-17-25)34(39(5,37)38)22-30(35)33(21-27-14-12-24(4)13-15-27)29(31(36)32-23(2)3)20-26-10-8-7-9-11-26/h7-19,23,29H,6,20-22H2,1-5H3,(H,32,36)/t29-/m0/s1. The molecule has 0 spiro atoms. The van der Waals surface area contributed by atoms with Gasteiger partial charge in [0.2, 0.25) is 21.8 Å². The molecular weight excluding hydrogens is 510 g/mol. The minimum Gasteiger partial charge on any atom is -0.352 e. The Morgan fingerprint density at radius 1 is 0.846 bits per heavy atom. The van der Waals surface area contributed by atoms with Gasteiger partial charge in [-0.05, 0) is 56.0 Å². The molecule has 3 rings (SSSR count). The minimum atomic E-state index is -3.78. The fourth-order valence-corrected chi connectivity index (χ4v) is 5.19. The SMILES string of the molecule is CCc1ccc(N(CC(=O)N(Cc2ccc(C)cc2)[C@@H](Cc2ccccc2)C(=O)NC(C)C)S(C)(=O)=O)cc1. The Kier molecular flexibility index (Phi) is 10.3. The van der Waals surface area contributed by atoms with Crippen molar-refractivity contribution in [2.75, 3.05) is 17.1 Å². The molecule has 0 radical (unpaired) electrons. The van der Waals surface area contributed by atoms with Gasteiger partial charge in [0.05, 0.1) is 11.9 Å². The van der Waals surface area contributed by atoms with Crippen LogP contribution in [0.15, 0.2) is 78.9 Å². The highest BCUT2D eigenvalue weighted by Gasteiger charge is 2.33. The van der Waals surface area contributed by atoms with E-state index in [-0.39, 0.29) is 18.5 Å². The van der Waals surface area contributed by atoms with Gasteiger partial charge >= 0.3 is 0 Å². The molecule has 208 valence electrons. The van der Waals surface area contributed by atoms with Crippen molar-refractivity contribution in [3.63, 3.8) is 0 Å². The Bertz CT molecular complexity index is 1340. The van der Waals surface area contributed by atoms with Gasteiger partial charge in [-0.1, -0.05) is 79.2 Å². The first-order valence-electron chi connectivity index (χ1n) is 13.2. The van der Waals surface area contributed by atoms with Gasteiger partial charge in [0.15, 0.2) is 0 Å². The van der Waals surface area contributed by atoms with Gasteiger partial charge in [0, 0.05) is 19.0 Å². The van der Waals surface area contributed by atoms with Crippen LogP contribution in [-0.4, -0.2) is 50.0 Å². The number of nitrogens with one attached hydrogen (secondary N) is 1. The third kappa shape index (κ3) is 8.68. The largest absolute Gasteiger partial charge is 0.352 e. The highest BCUT2D eigenvalue weighted by Crippen LogP contribution is 2.21. The van der Waals surface area contributed by atoms with Crippen LogP contribution in [0.25, 0.3) is 0 Å². The van der Waals surface area contributed by atoms with Crippen molar-refractivity contribution < 1.29 is 18.0 Å². The number of carbonyl (C=O) groups excluding carboxylic acids is 2. The zero-order valence-electron chi connectivity index (χ0n) is 23.4. The number of hydrogen-bond acceptors (Lipinski definition) is 4. The number of rotatable bonds is 12. The lowest BCUT2D eigenvalue weighted by Gasteiger charge is -2.34. The van der Waals surface area contributed by atoms with Crippen LogP contribution in [0.4, 0.5) is 5.69 Å². The summed E-state index contributed by atoms with van der Waals surface area (Å²) in [5, 5.41) is 2.96. The van der Waals surface area contributed by atoms with Gasteiger partial charge in [-0.2, -0.15) is 0 Å². The van der Waals surface area contributed by atoms with Crippen LogP contribution >= 0.6 is 0 Å². The van der Waals surface area contributed by atoms with E-state index in [1.807, 2.05) is 94.4 Å². The molecule has 3 aromatic carbocycles. The lowest BCUT2D eigenvalue weighted by Crippen LogP contribution is -2.54. The fraction of sp³-hybridized carbons (Fsp3) is 0.355. The number of hydrogen-bond donors (Lipinski definition) is 1. The first kappa shape index (κ1) is 29.9. The number of benzene rings is 3. The van der Waals surface area contributed by atoms with E-state index in [1.54, 1.807) is 12.1 Å². The molecule has 0 saturated carbocycles. The quantitative estimate of drug-likeness (QED) is 0.361. The molecule has 0 aliphatic rings. The van der Waals surface area contributed by atoms with Gasteiger partial charge in [0.25, 0.3) is 0 Å². The summed E-state index contributed by atoms with van der Waals surface area (Å²) < 4.78 is 26.8. The van der Waals surface area contributed by atoms with Crippen LogP contribution in [0.5, 0.6) is 0 Å². The Morgan fingerprint density at radius 2 is 1.44 bits per heavy atom. The Morgan fingerprint density at radius 3 is 1.97 bits per heavy atom. The van der Waals surface area contributed by atoms with E-state index < -0.39 is 28.5 Å². The number of nitrogens with zero attached hydrogens (tertiary/aromatic N) is 2. The van der Waals surface area contributed by atoms with Crippen LogP contribution in [0, 0.1) is 6.92 Å². The van der Waals surface area contributed by atoms with Gasteiger partial charge in [-0.15, -0.1) is 0 Å². The molecule has 0 bridgehead atoms. The third-order valence-corrected chi connectivity index (χ3v) is 7.63. The number of anilines is 1. The van der Waals surface area contributed by atoms with Crippen molar-refractivity contribution in [2.45, 2.75) is 59.2 Å². The van der Waals surface area contributed by atoms with Crippen LogP contribution < -0.4 is 9.62 Å². The fourth-order valence-electron chi connectivity index (χ4n) is 4.34. The molecule has 1 N–H and O–H groups in total. The second-order valence-corrected chi connectivity index (χ2v) is 12.1. The summed E-state index contributed by atoms with van der Waals surface area (Å²) in [4.78, 5) is 29.1. The average Bonchev–Trinajstić information content (AvgIpc) is 2.90. The van der Waals surface area contributed by atoms with E-state index >= 15 is 0 Å². The van der Waals surface area contributed by atoms with E-state index in [0.29, 0.717) is 12.1 Å². The van der Waals surface area contributed by atoms with Crippen LogP contribution in [0.1, 0.15) is 43.0 Å². The zero-order chi connectivity index (χ0) is 28.6. The molecule has 2 amide bonds. The van der Waals surface area contributed by atoms with Crippen LogP contribution in [-0.2, 0) is 39.0 Å². The highest BCUT2D eigenvalue weighted by molar-refractivity contribution is 7.92. The smallest absolute Gasteiger partial charge is 0.244 e. The molecule has 0 aromatic heterocycles. The van der Waals surface area contributed by atoms with Gasteiger partial charge in [-0.25, -0.2) is 8.42 Å². The average molecular weight is 550 g/mol. The maximum atomic E-state index is 14.0. The molecule has 0 heterocycles. The predicted octanol–water partition coefficient (Wildman–Crippen LogP) is 4.49. The Labute approximate surface area is 232 Å². The second-order valence-electron chi connectivity index (χ2n) is 10.2. The lowest BCUT2D eigenvalue weighted by atomic mass is 10.0. The van der Waals surface area contributed by atoms with Crippen LogP contribution in [0.3, 0.4) is 0 Å². The Hall–Kier alpha value is -3.65. The summed E-state index contributed by atoms with van der Waals surface area (Å²) in [6.07, 6.45) is 2.20. The number of carbonyl (C=O) groups is 2. The molecule has 1 atom stereocenters. The number of aryl methyl sites for hydroxylation is 2. The summed E-state index contributed by atoms with van der Waals surface area (Å²) in [6, 6.07) is 23.5. The van der Waals surface area contributed by atoms with Crippen molar-refractivity contribution in [3.8, 4) is 0 Å². The maximum absolute atomic E-state index is 14.0. The summed E-state index contributed by atoms with van der Waals surface area (Å²) in [7, 11) is -3.78. The third-order valence-electron chi connectivity index (χ3n) is 6.49. The van der Waals surface area contributed by atoms with E-state index in [1.165, 1.54) is 4.90 Å². The van der Waals surface area contributed by atoms with Crippen molar-refractivity contribution in [2.24, 2.45) is 0 Å². The molecule has 0 unspecified atom stereocenters. The summed E-state index contributed by atoms with van der Waals surface area (Å²) >= 11 is 0. The Balaban J connectivity index is 2.03. The molecule has 3 aromatic rings. The molecule has 0 saturated heterocycles. The molecule has 0 aliphatic carbocycles. The second kappa shape index (κ2) is 13.4. The molecule has 0 fully saturated rings. The van der Waals surface area contributed by atoms with Crippen molar-refractivity contribution in [1.29, 1.82) is 0 Å². The first-order valence-corrected chi connectivity index (χ1v) is 15.1. The first-order chi connectivity index (χ1) is 18.5.